The monoisotopic (exact) mass is 380 g/mol. The lowest BCUT2D eigenvalue weighted by Crippen LogP contribution is -2.56. The zero-order valence-corrected chi connectivity index (χ0v) is 16.5. The number of unbranched alkanes of at least 4 members (excludes halogenated alkanes) is 5. The Kier molecular flexibility index (Phi) is 9.64. The first-order valence-electron chi connectivity index (χ1n) is 9.49. The average Bonchev–Trinajstić information content (AvgIpc) is 2.61. The maximum absolute atomic E-state index is 12.3. The van der Waals surface area contributed by atoms with Gasteiger partial charge in [0.1, 0.15) is 11.3 Å². The van der Waals surface area contributed by atoms with Crippen LogP contribution in [-0.4, -0.2) is 41.0 Å². The van der Waals surface area contributed by atoms with Crippen molar-refractivity contribution in [3.8, 4) is 5.75 Å². The van der Waals surface area contributed by atoms with Crippen molar-refractivity contribution >= 4 is 17.7 Å². The Morgan fingerprint density at radius 3 is 2.41 bits per heavy atom. The molecule has 1 aromatic carbocycles. The molecular formula is C20H32N2O5. The van der Waals surface area contributed by atoms with E-state index in [1.807, 2.05) is 12.2 Å². The Labute approximate surface area is 161 Å². The number of benzene rings is 1. The number of aliphatic hydroxyl groups is 1. The van der Waals surface area contributed by atoms with Crippen LogP contribution in [0.2, 0.25) is 0 Å². The third-order valence-electron chi connectivity index (χ3n) is 4.39. The van der Waals surface area contributed by atoms with Crippen molar-refractivity contribution in [1.82, 2.24) is 5.32 Å². The molecule has 0 unspecified atom stereocenters. The van der Waals surface area contributed by atoms with Crippen molar-refractivity contribution in [3.63, 3.8) is 0 Å². The van der Waals surface area contributed by atoms with Crippen LogP contribution in [0.4, 0.5) is 10.5 Å². The second-order valence-corrected chi connectivity index (χ2v) is 6.97. The van der Waals surface area contributed by atoms with Gasteiger partial charge in [0, 0.05) is 5.69 Å². The van der Waals surface area contributed by atoms with E-state index in [4.69, 9.17) is 9.84 Å². The van der Waals surface area contributed by atoms with Crippen LogP contribution in [0.15, 0.2) is 18.2 Å². The Morgan fingerprint density at radius 1 is 1.15 bits per heavy atom. The van der Waals surface area contributed by atoms with E-state index in [0.717, 1.165) is 24.2 Å². The molecule has 0 bridgehead atoms. The highest BCUT2D eigenvalue weighted by Gasteiger charge is 2.34. The number of hydrogen-bond donors (Lipinski definition) is 4. The summed E-state index contributed by atoms with van der Waals surface area (Å²) in [4.78, 5) is 23.1. The lowest BCUT2D eigenvalue weighted by molar-refractivity contribution is -0.123. The molecule has 27 heavy (non-hydrogen) atoms. The third-order valence-corrected chi connectivity index (χ3v) is 4.39. The molecule has 7 nitrogen and oxygen atoms in total. The second-order valence-electron chi connectivity index (χ2n) is 6.97. The van der Waals surface area contributed by atoms with Crippen molar-refractivity contribution < 1.29 is 24.5 Å². The van der Waals surface area contributed by atoms with E-state index in [1.54, 1.807) is 18.2 Å². The smallest absolute Gasteiger partial charge is 0.405 e. The number of rotatable bonds is 12. The van der Waals surface area contributed by atoms with Crippen molar-refractivity contribution in [2.24, 2.45) is 0 Å². The Morgan fingerprint density at radius 2 is 1.81 bits per heavy atom. The van der Waals surface area contributed by atoms with Gasteiger partial charge in [0.05, 0.1) is 13.2 Å². The minimum atomic E-state index is -1.62. The van der Waals surface area contributed by atoms with Crippen LogP contribution in [-0.2, 0) is 4.79 Å². The van der Waals surface area contributed by atoms with Gasteiger partial charge in [-0.1, -0.05) is 39.0 Å². The van der Waals surface area contributed by atoms with Gasteiger partial charge in [-0.25, -0.2) is 4.79 Å². The van der Waals surface area contributed by atoms with Crippen LogP contribution < -0.4 is 15.4 Å². The van der Waals surface area contributed by atoms with Gasteiger partial charge >= 0.3 is 6.09 Å². The summed E-state index contributed by atoms with van der Waals surface area (Å²) >= 11 is 0. The van der Waals surface area contributed by atoms with Crippen LogP contribution in [0.1, 0.15) is 57.9 Å². The molecule has 1 aromatic rings. The zero-order valence-electron chi connectivity index (χ0n) is 16.5. The molecule has 0 fully saturated rings. The maximum Gasteiger partial charge on any atom is 0.405 e. The predicted octanol–water partition coefficient (Wildman–Crippen LogP) is 3.69. The maximum atomic E-state index is 12.3. The van der Waals surface area contributed by atoms with Gasteiger partial charge in [-0.05, 0) is 44.0 Å². The molecule has 0 aliphatic heterocycles. The van der Waals surface area contributed by atoms with E-state index in [-0.39, 0.29) is 0 Å². The normalized spacial score (nSPS) is 12.9. The molecule has 0 spiro atoms. The summed E-state index contributed by atoms with van der Waals surface area (Å²) in [6.07, 6.45) is 5.81. The fourth-order valence-electron chi connectivity index (χ4n) is 2.63. The second kappa shape index (κ2) is 11.4. The molecular weight excluding hydrogens is 348 g/mol. The summed E-state index contributed by atoms with van der Waals surface area (Å²) in [5.74, 6) is 0.127. The van der Waals surface area contributed by atoms with Gasteiger partial charge in [-0.15, -0.1) is 0 Å². The molecule has 0 saturated carbocycles. The van der Waals surface area contributed by atoms with Gasteiger partial charge in [-0.2, -0.15) is 0 Å². The molecule has 1 atom stereocenters. The quantitative estimate of drug-likeness (QED) is 0.414. The number of aliphatic hydroxyl groups excluding tert-OH is 1. The highest BCUT2D eigenvalue weighted by Crippen LogP contribution is 2.23. The average molecular weight is 380 g/mol. The zero-order chi connectivity index (χ0) is 20.3. The number of amides is 2. The number of carboxylic acid groups (broad SMARTS) is 1. The number of anilines is 1. The van der Waals surface area contributed by atoms with Gasteiger partial charge in [0.15, 0.2) is 0 Å². The van der Waals surface area contributed by atoms with E-state index in [0.29, 0.717) is 12.3 Å². The highest BCUT2D eigenvalue weighted by molar-refractivity contribution is 5.99. The minimum absolute atomic E-state index is 0.510. The van der Waals surface area contributed by atoms with E-state index >= 15 is 0 Å². The largest absolute Gasteiger partial charge is 0.493 e. The standard InChI is InChI=1S/C20H32N2O5/c1-4-5-6-7-8-9-12-27-17-11-10-16(13-15(17)2)21-18(24)20(3,14-23)22-19(25)26/h10-11,13,22-23H,4-9,12,14H2,1-3H3,(H,21,24)(H,25,26)/t20-/m0/s1. The van der Waals surface area contributed by atoms with Crippen molar-refractivity contribution in [2.45, 2.75) is 64.8 Å². The molecule has 0 aliphatic rings. The summed E-state index contributed by atoms with van der Waals surface area (Å²) < 4.78 is 5.80. The van der Waals surface area contributed by atoms with Crippen LogP contribution >= 0.6 is 0 Å². The van der Waals surface area contributed by atoms with E-state index in [2.05, 4.69) is 12.2 Å². The molecule has 2 amide bonds. The molecule has 0 radical (unpaired) electrons. The fraction of sp³-hybridized carbons (Fsp3) is 0.600. The number of nitrogens with one attached hydrogen (secondary N) is 2. The summed E-state index contributed by atoms with van der Waals surface area (Å²) in [7, 11) is 0. The molecule has 4 N–H and O–H groups in total. The van der Waals surface area contributed by atoms with E-state index in [1.165, 1.54) is 32.6 Å². The Bertz CT molecular complexity index is 620. The SMILES string of the molecule is CCCCCCCCOc1ccc(NC(=O)[C@](C)(CO)NC(=O)O)cc1C. The molecule has 0 saturated heterocycles. The predicted molar refractivity (Wildman–Crippen MR) is 105 cm³/mol. The first kappa shape index (κ1) is 22.8. The fourth-order valence-corrected chi connectivity index (χ4v) is 2.63. The Hall–Kier alpha value is -2.28. The number of carbonyl (C=O) groups is 2. The first-order chi connectivity index (χ1) is 12.8. The topological polar surface area (TPSA) is 108 Å². The third kappa shape index (κ3) is 7.86. The van der Waals surface area contributed by atoms with Gasteiger partial charge in [-0.3, -0.25) is 4.79 Å². The van der Waals surface area contributed by atoms with Crippen LogP contribution in [0.5, 0.6) is 5.75 Å². The van der Waals surface area contributed by atoms with E-state index < -0.39 is 24.1 Å². The summed E-state index contributed by atoms with van der Waals surface area (Å²) in [5, 5.41) is 22.8. The number of hydrogen-bond acceptors (Lipinski definition) is 4. The highest BCUT2D eigenvalue weighted by atomic mass is 16.5. The number of aryl methyl sites for hydroxylation is 1. The molecule has 0 heterocycles. The number of carbonyl (C=O) groups excluding carboxylic acids is 1. The molecule has 0 aliphatic carbocycles. The summed E-state index contributed by atoms with van der Waals surface area (Å²) in [6, 6.07) is 5.23. The number of ether oxygens (including phenoxy) is 1. The first-order valence-corrected chi connectivity index (χ1v) is 9.49. The molecule has 7 heteroatoms. The molecule has 152 valence electrons. The van der Waals surface area contributed by atoms with Crippen LogP contribution in [0.25, 0.3) is 0 Å². The van der Waals surface area contributed by atoms with Gasteiger partial charge in [0.2, 0.25) is 0 Å². The van der Waals surface area contributed by atoms with Crippen LogP contribution in [0.3, 0.4) is 0 Å². The Balaban J connectivity index is 2.54. The van der Waals surface area contributed by atoms with Crippen molar-refractivity contribution in [2.75, 3.05) is 18.5 Å². The van der Waals surface area contributed by atoms with Crippen LogP contribution in [0, 0.1) is 6.92 Å². The summed E-state index contributed by atoms with van der Waals surface area (Å²) in [6.45, 7) is 5.41. The molecule has 0 aromatic heterocycles. The van der Waals surface area contributed by atoms with Crippen molar-refractivity contribution in [3.05, 3.63) is 23.8 Å². The van der Waals surface area contributed by atoms with Crippen molar-refractivity contribution in [1.29, 1.82) is 0 Å². The lowest BCUT2D eigenvalue weighted by Gasteiger charge is -2.26. The lowest BCUT2D eigenvalue weighted by atomic mass is 10.0. The van der Waals surface area contributed by atoms with Gasteiger partial charge < -0.3 is 25.6 Å². The molecule has 1 rings (SSSR count). The van der Waals surface area contributed by atoms with E-state index in [9.17, 15) is 14.7 Å². The minimum Gasteiger partial charge on any atom is -0.493 e. The van der Waals surface area contributed by atoms with Gasteiger partial charge in [0.25, 0.3) is 5.91 Å². The summed E-state index contributed by atoms with van der Waals surface area (Å²) in [5.41, 5.74) is -0.237.